The van der Waals surface area contributed by atoms with Gasteiger partial charge in [0.2, 0.25) is 0 Å². The van der Waals surface area contributed by atoms with E-state index in [1.54, 1.807) is 43.3 Å². The van der Waals surface area contributed by atoms with Crippen LogP contribution in [-0.4, -0.2) is 14.3 Å². The molecule has 0 aromatic heterocycles. The highest BCUT2D eigenvalue weighted by atomic mass is 35.5. The van der Waals surface area contributed by atoms with Crippen LogP contribution in [0.2, 0.25) is 10.0 Å². The minimum Gasteiger partial charge on any atom is -0.320 e. The van der Waals surface area contributed by atoms with E-state index in [-0.39, 0.29) is 21.2 Å². The van der Waals surface area contributed by atoms with Gasteiger partial charge in [0.25, 0.3) is 15.9 Å². The number of halogens is 2. The van der Waals surface area contributed by atoms with E-state index in [1.807, 2.05) is 12.1 Å². The van der Waals surface area contributed by atoms with Gasteiger partial charge < -0.3 is 5.32 Å². The Morgan fingerprint density at radius 3 is 2.38 bits per heavy atom. The van der Waals surface area contributed by atoms with Gasteiger partial charge in [-0.2, -0.15) is 5.26 Å². The molecule has 162 valence electrons. The molecule has 0 fully saturated rings. The van der Waals surface area contributed by atoms with Gasteiger partial charge in [-0.3, -0.25) is 9.52 Å². The summed E-state index contributed by atoms with van der Waals surface area (Å²) in [5.74, 6) is -0.717. The molecule has 3 aromatic rings. The molecular weight excluding hydrogens is 469 g/mol. The molecule has 0 radical (unpaired) electrons. The number of carbonyl (C=O) groups is 1. The van der Waals surface area contributed by atoms with Crippen LogP contribution < -0.4 is 10.0 Å². The fourth-order valence-electron chi connectivity index (χ4n) is 2.69. The molecule has 0 atom stereocenters. The Labute approximate surface area is 196 Å². The number of carbonyl (C=O) groups excluding carboxylic acids is 1. The van der Waals surface area contributed by atoms with Gasteiger partial charge in [0, 0.05) is 5.02 Å². The lowest BCUT2D eigenvalue weighted by Crippen LogP contribution is -2.16. The second-order valence-electron chi connectivity index (χ2n) is 6.75. The Kier molecular flexibility index (Phi) is 7.21. The molecule has 3 aromatic carbocycles. The van der Waals surface area contributed by atoms with Crippen molar-refractivity contribution in [3.63, 3.8) is 0 Å². The molecule has 0 unspecified atom stereocenters. The summed E-state index contributed by atoms with van der Waals surface area (Å²) in [6.45, 7) is 1.80. The van der Waals surface area contributed by atoms with Crippen molar-refractivity contribution in [1.82, 2.24) is 0 Å². The molecule has 0 saturated heterocycles. The predicted molar refractivity (Wildman–Crippen MR) is 127 cm³/mol. The van der Waals surface area contributed by atoms with E-state index in [0.29, 0.717) is 16.3 Å². The number of hydrogen-bond donors (Lipinski definition) is 2. The Morgan fingerprint density at radius 1 is 1.00 bits per heavy atom. The number of amides is 1. The smallest absolute Gasteiger partial charge is 0.266 e. The highest BCUT2D eigenvalue weighted by Crippen LogP contribution is 2.28. The monoisotopic (exact) mass is 485 g/mol. The first-order valence-corrected chi connectivity index (χ1v) is 11.5. The number of anilines is 2. The number of nitrogens with one attached hydrogen (secondary N) is 2. The average molecular weight is 486 g/mol. The van der Waals surface area contributed by atoms with Gasteiger partial charge in [-0.05, 0) is 54.5 Å². The molecule has 9 heteroatoms. The zero-order chi connectivity index (χ0) is 23.3. The summed E-state index contributed by atoms with van der Waals surface area (Å²) in [5.41, 5.74) is 1.66. The molecule has 0 heterocycles. The summed E-state index contributed by atoms with van der Waals surface area (Å²) in [5, 5.41) is 12.4. The van der Waals surface area contributed by atoms with Crippen LogP contribution in [0.25, 0.3) is 6.08 Å². The van der Waals surface area contributed by atoms with Crippen LogP contribution in [0.4, 0.5) is 11.4 Å². The second kappa shape index (κ2) is 9.88. The quantitative estimate of drug-likeness (QED) is 0.348. The fraction of sp³-hybridized carbons (Fsp3) is 0.0435. The highest BCUT2D eigenvalue weighted by Gasteiger charge is 2.18. The molecule has 6 nitrogen and oxygen atoms in total. The number of nitriles is 1. The van der Waals surface area contributed by atoms with E-state index in [1.165, 1.54) is 30.3 Å². The largest absolute Gasteiger partial charge is 0.320 e. The van der Waals surface area contributed by atoms with Gasteiger partial charge >= 0.3 is 0 Å². The van der Waals surface area contributed by atoms with Crippen molar-refractivity contribution in [2.45, 2.75) is 11.8 Å². The lowest BCUT2D eigenvalue weighted by atomic mass is 10.1. The minimum absolute atomic E-state index is 0.0516. The summed E-state index contributed by atoms with van der Waals surface area (Å²) in [4.78, 5) is 12.5. The second-order valence-corrected chi connectivity index (χ2v) is 9.24. The van der Waals surface area contributed by atoms with Crippen LogP contribution in [0.15, 0.2) is 77.2 Å². The lowest BCUT2D eigenvalue weighted by molar-refractivity contribution is -0.112. The van der Waals surface area contributed by atoms with Crippen molar-refractivity contribution in [1.29, 1.82) is 5.26 Å². The molecule has 2 N–H and O–H groups in total. The summed E-state index contributed by atoms with van der Waals surface area (Å²) < 4.78 is 28.0. The Morgan fingerprint density at radius 2 is 1.72 bits per heavy atom. The summed E-state index contributed by atoms with van der Waals surface area (Å²) in [6, 6.07) is 19.3. The first-order valence-electron chi connectivity index (χ1n) is 9.26. The van der Waals surface area contributed by atoms with Crippen molar-refractivity contribution in [3.8, 4) is 6.07 Å². The maximum absolute atomic E-state index is 12.8. The van der Waals surface area contributed by atoms with Gasteiger partial charge in [-0.15, -0.1) is 0 Å². The number of benzene rings is 3. The van der Waals surface area contributed by atoms with Crippen LogP contribution in [0, 0.1) is 18.3 Å². The van der Waals surface area contributed by atoms with Crippen LogP contribution in [0.1, 0.15) is 11.1 Å². The maximum Gasteiger partial charge on any atom is 0.266 e. The average Bonchev–Trinajstić information content (AvgIpc) is 2.76. The third-order valence-corrected chi connectivity index (χ3v) is 6.51. The number of hydrogen-bond acceptors (Lipinski definition) is 4. The molecule has 0 aliphatic carbocycles. The molecule has 3 rings (SSSR count). The number of rotatable bonds is 6. The molecule has 0 aliphatic heterocycles. The number of sulfonamides is 1. The summed E-state index contributed by atoms with van der Waals surface area (Å²) in [7, 11) is -3.99. The summed E-state index contributed by atoms with van der Waals surface area (Å²) >= 11 is 12.2. The highest BCUT2D eigenvalue weighted by molar-refractivity contribution is 7.92. The predicted octanol–water partition coefficient (Wildman–Crippen LogP) is 5.65. The number of aryl methyl sites for hydroxylation is 1. The molecule has 0 aliphatic rings. The van der Waals surface area contributed by atoms with E-state index >= 15 is 0 Å². The van der Waals surface area contributed by atoms with Crippen LogP contribution in [0.5, 0.6) is 0 Å². The van der Waals surface area contributed by atoms with Gasteiger partial charge in [0.1, 0.15) is 11.6 Å². The third-order valence-electron chi connectivity index (χ3n) is 4.40. The van der Waals surface area contributed by atoms with Crippen molar-refractivity contribution in [2.75, 3.05) is 10.0 Å². The first kappa shape index (κ1) is 23.4. The standard InChI is InChI=1S/C23H17Cl2N3O3S/c1-15-7-8-18(12-21(15)25)28-32(30,31)19-9-10-20(24)22(13-19)27-23(29)17(14-26)11-16-5-3-2-4-6-16/h2-13,28H,1H3,(H,27,29). The first-order chi connectivity index (χ1) is 15.2. The van der Waals surface area contributed by atoms with Gasteiger partial charge in [-0.25, -0.2) is 8.42 Å². The molecule has 32 heavy (non-hydrogen) atoms. The molecule has 0 saturated carbocycles. The van der Waals surface area contributed by atoms with E-state index in [4.69, 9.17) is 23.2 Å². The zero-order valence-electron chi connectivity index (χ0n) is 16.8. The van der Waals surface area contributed by atoms with E-state index in [2.05, 4.69) is 10.0 Å². The van der Waals surface area contributed by atoms with Crippen molar-refractivity contribution in [2.24, 2.45) is 0 Å². The molecular formula is C23H17Cl2N3O3S. The lowest BCUT2D eigenvalue weighted by Gasteiger charge is -2.12. The maximum atomic E-state index is 12.8. The summed E-state index contributed by atoms with van der Waals surface area (Å²) in [6.07, 6.45) is 1.42. The van der Waals surface area contributed by atoms with Crippen LogP contribution >= 0.6 is 23.2 Å². The zero-order valence-corrected chi connectivity index (χ0v) is 19.1. The van der Waals surface area contributed by atoms with Crippen molar-refractivity contribution >= 4 is 56.6 Å². The third kappa shape index (κ3) is 5.68. The Hall–Kier alpha value is -3.31. The normalized spacial score (nSPS) is 11.5. The SMILES string of the molecule is Cc1ccc(NS(=O)(=O)c2ccc(Cl)c(NC(=O)C(C#N)=Cc3ccccc3)c2)cc1Cl. The van der Waals surface area contributed by atoms with Crippen LogP contribution in [0.3, 0.4) is 0 Å². The van der Waals surface area contributed by atoms with E-state index < -0.39 is 15.9 Å². The molecule has 0 bridgehead atoms. The van der Waals surface area contributed by atoms with Crippen molar-refractivity contribution < 1.29 is 13.2 Å². The van der Waals surface area contributed by atoms with Gasteiger partial charge in [0.15, 0.2) is 0 Å². The van der Waals surface area contributed by atoms with Gasteiger partial charge in [-0.1, -0.05) is 59.6 Å². The van der Waals surface area contributed by atoms with Crippen molar-refractivity contribution in [3.05, 3.63) is 93.5 Å². The van der Waals surface area contributed by atoms with Gasteiger partial charge in [0.05, 0.1) is 21.3 Å². The molecule has 0 spiro atoms. The Balaban J connectivity index is 1.86. The topological polar surface area (TPSA) is 99.1 Å². The molecule has 1 amide bonds. The van der Waals surface area contributed by atoms with E-state index in [0.717, 1.165) is 5.56 Å². The van der Waals surface area contributed by atoms with E-state index in [9.17, 15) is 18.5 Å². The number of nitrogens with zero attached hydrogens (tertiary/aromatic N) is 1. The minimum atomic E-state index is -3.99. The van der Waals surface area contributed by atoms with Crippen LogP contribution in [-0.2, 0) is 14.8 Å². The fourth-order valence-corrected chi connectivity index (χ4v) is 4.11. The Bertz CT molecular complexity index is 1350.